The van der Waals surface area contributed by atoms with Crippen molar-refractivity contribution >= 4 is 23.9 Å². The second-order valence-corrected chi connectivity index (χ2v) is 6.73. The van der Waals surface area contributed by atoms with Crippen molar-refractivity contribution in [2.75, 3.05) is 6.61 Å². The van der Waals surface area contributed by atoms with Crippen LogP contribution in [0.1, 0.15) is 28.4 Å². The summed E-state index contributed by atoms with van der Waals surface area (Å²) >= 11 is 0. The fourth-order valence-electron chi connectivity index (χ4n) is 3.14. The molecule has 0 aromatic heterocycles. The SMILES string of the molecule is CCOc1ccccc1C=C1Oc2cc(OC(=O)C=Cc3ccccc3)ccc2C1=O. The molecule has 4 rings (SSSR count). The molecule has 0 spiro atoms. The molecule has 3 aromatic carbocycles. The Morgan fingerprint density at radius 1 is 1.00 bits per heavy atom. The second kappa shape index (κ2) is 9.13. The van der Waals surface area contributed by atoms with E-state index in [0.717, 1.165) is 11.1 Å². The first-order chi connectivity index (χ1) is 15.1. The topological polar surface area (TPSA) is 61.8 Å². The zero-order chi connectivity index (χ0) is 21.6. The molecule has 0 unspecified atom stereocenters. The highest BCUT2D eigenvalue weighted by Gasteiger charge is 2.28. The van der Waals surface area contributed by atoms with Crippen molar-refractivity contribution in [3.05, 3.63) is 101 Å². The molecule has 154 valence electrons. The molecule has 1 aliphatic heterocycles. The minimum absolute atomic E-state index is 0.189. The summed E-state index contributed by atoms with van der Waals surface area (Å²) in [7, 11) is 0. The van der Waals surface area contributed by atoms with Crippen molar-refractivity contribution < 1.29 is 23.8 Å². The number of allylic oxidation sites excluding steroid dienone is 1. The van der Waals surface area contributed by atoms with Crippen molar-refractivity contribution in [1.29, 1.82) is 0 Å². The summed E-state index contributed by atoms with van der Waals surface area (Å²) in [5.74, 6) is 0.754. The Morgan fingerprint density at radius 3 is 2.58 bits per heavy atom. The van der Waals surface area contributed by atoms with Gasteiger partial charge in [0.1, 0.15) is 17.2 Å². The maximum atomic E-state index is 12.7. The van der Waals surface area contributed by atoms with Crippen molar-refractivity contribution in [3.8, 4) is 17.2 Å². The number of hydrogen-bond donors (Lipinski definition) is 0. The fraction of sp³-hybridized carbons (Fsp3) is 0.0769. The van der Waals surface area contributed by atoms with E-state index in [1.165, 1.54) is 12.1 Å². The Morgan fingerprint density at radius 2 is 1.77 bits per heavy atom. The molecule has 5 nitrogen and oxygen atoms in total. The maximum Gasteiger partial charge on any atom is 0.336 e. The quantitative estimate of drug-likeness (QED) is 0.311. The number of carbonyl (C=O) groups excluding carboxylic acids is 2. The lowest BCUT2D eigenvalue weighted by Crippen LogP contribution is -2.03. The van der Waals surface area contributed by atoms with Gasteiger partial charge in [-0.15, -0.1) is 0 Å². The van der Waals surface area contributed by atoms with Crippen LogP contribution in [0.5, 0.6) is 17.2 Å². The first kappa shape index (κ1) is 20.2. The van der Waals surface area contributed by atoms with Gasteiger partial charge < -0.3 is 14.2 Å². The van der Waals surface area contributed by atoms with E-state index in [1.807, 2.05) is 61.5 Å². The first-order valence-corrected chi connectivity index (χ1v) is 9.89. The standard InChI is InChI=1S/C26H20O5/c1-2-29-22-11-7-6-10-19(22)16-24-26(28)21-14-13-20(17-23(21)31-24)30-25(27)15-12-18-8-4-3-5-9-18/h3-17H,2H2,1H3. The van der Waals surface area contributed by atoms with Crippen molar-refractivity contribution in [2.45, 2.75) is 6.92 Å². The van der Waals surface area contributed by atoms with E-state index in [1.54, 1.807) is 24.3 Å². The van der Waals surface area contributed by atoms with E-state index in [4.69, 9.17) is 14.2 Å². The lowest BCUT2D eigenvalue weighted by atomic mass is 10.1. The molecule has 0 radical (unpaired) electrons. The molecule has 5 heteroatoms. The normalized spacial score (nSPS) is 13.8. The molecule has 0 fully saturated rings. The summed E-state index contributed by atoms with van der Waals surface area (Å²) in [4.78, 5) is 24.8. The maximum absolute atomic E-state index is 12.7. The Balaban J connectivity index is 1.50. The van der Waals surface area contributed by atoms with Crippen LogP contribution >= 0.6 is 0 Å². The van der Waals surface area contributed by atoms with Crippen LogP contribution in [-0.2, 0) is 4.79 Å². The molecule has 0 amide bonds. The van der Waals surface area contributed by atoms with Gasteiger partial charge in [0.05, 0.1) is 12.2 Å². The first-order valence-electron chi connectivity index (χ1n) is 9.89. The van der Waals surface area contributed by atoms with Gasteiger partial charge in [0.2, 0.25) is 5.78 Å². The number of carbonyl (C=O) groups is 2. The zero-order valence-corrected chi connectivity index (χ0v) is 16.9. The number of ketones is 1. The summed E-state index contributed by atoms with van der Waals surface area (Å²) in [6.07, 6.45) is 4.68. The van der Waals surface area contributed by atoms with Crippen molar-refractivity contribution in [3.63, 3.8) is 0 Å². The number of esters is 1. The largest absolute Gasteiger partial charge is 0.493 e. The van der Waals surface area contributed by atoms with Crippen LogP contribution in [-0.4, -0.2) is 18.4 Å². The number of benzene rings is 3. The average Bonchev–Trinajstić information content (AvgIpc) is 3.09. The Labute approximate surface area is 180 Å². The minimum Gasteiger partial charge on any atom is -0.493 e. The number of hydrogen-bond acceptors (Lipinski definition) is 5. The van der Waals surface area contributed by atoms with Crippen molar-refractivity contribution in [2.24, 2.45) is 0 Å². The molecular formula is C26H20O5. The van der Waals surface area contributed by atoms with Crippen LogP contribution < -0.4 is 14.2 Å². The lowest BCUT2D eigenvalue weighted by molar-refractivity contribution is -0.128. The number of para-hydroxylation sites is 1. The molecule has 0 aliphatic carbocycles. The van der Waals surface area contributed by atoms with Gasteiger partial charge in [-0.2, -0.15) is 0 Å². The van der Waals surface area contributed by atoms with Gasteiger partial charge in [-0.25, -0.2) is 4.79 Å². The third-order valence-electron chi connectivity index (χ3n) is 4.58. The summed E-state index contributed by atoms with van der Waals surface area (Å²) in [5, 5.41) is 0. The van der Waals surface area contributed by atoms with Gasteiger partial charge >= 0.3 is 5.97 Å². The van der Waals surface area contributed by atoms with E-state index in [0.29, 0.717) is 29.4 Å². The molecular weight excluding hydrogens is 392 g/mol. The highest BCUT2D eigenvalue weighted by Crippen LogP contribution is 2.35. The minimum atomic E-state index is -0.519. The van der Waals surface area contributed by atoms with Gasteiger partial charge in [-0.3, -0.25) is 4.79 Å². The number of fused-ring (bicyclic) bond motifs is 1. The van der Waals surface area contributed by atoms with Gasteiger partial charge in [-0.05, 0) is 42.8 Å². The molecule has 0 N–H and O–H groups in total. The Bertz CT molecular complexity index is 1180. The van der Waals surface area contributed by atoms with Crippen LogP contribution in [0.25, 0.3) is 12.2 Å². The molecule has 1 aliphatic rings. The van der Waals surface area contributed by atoms with Gasteiger partial charge in [0, 0.05) is 17.7 Å². The molecule has 0 atom stereocenters. The molecule has 1 heterocycles. The predicted molar refractivity (Wildman–Crippen MR) is 118 cm³/mol. The van der Waals surface area contributed by atoms with Gasteiger partial charge in [-0.1, -0.05) is 48.5 Å². The molecule has 31 heavy (non-hydrogen) atoms. The predicted octanol–water partition coefficient (Wildman–Crippen LogP) is 5.32. The van der Waals surface area contributed by atoms with Crippen LogP contribution in [0.2, 0.25) is 0 Å². The van der Waals surface area contributed by atoms with E-state index in [2.05, 4.69) is 0 Å². The van der Waals surface area contributed by atoms with Crippen LogP contribution in [0.3, 0.4) is 0 Å². The second-order valence-electron chi connectivity index (χ2n) is 6.73. The summed E-state index contributed by atoms with van der Waals surface area (Å²) < 4.78 is 16.7. The highest BCUT2D eigenvalue weighted by molar-refractivity contribution is 6.14. The summed E-state index contributed by atoms with van der Waals surface area (Å²) in [6, 6.07) is 21.6. The third-order valence-corrected chi connectivity index (χ3v) is 4.58. The van der Waals surface area contributed by atoms with Crippen molar-refractivity contribution in [1.82, 2.24) is 0 Å². The summed E-state index contributed by atoms with van der Waals surface area (Å²) in [5.41, 5.74) is 2.06. The van der Waals surface area contributed by atoms with E-state index < -0.39 is 5.97 Å². The van der Waals surface area contributed by atoms with E-state index in [-0.39, 0.29) is 11.5 Å². The zero-order valence-electron chi connectivity index (χ0n) is 16.9. The molecule has 0 saturated heterocycles. The molecule has 3 aromatic rings. The third kappa shape index (κ3) is 4.73. The average molecular weight is 412 g/mol. The van der Waals surface area contributed by atoms with Crippen LogP contribution in [0.4, 0.5) is 0 Å². The number of Topliss-reactive ketones (excluding diaryl/α,β-unsaturated/α-hetero) is 1. The Hall–Kier alpha value is -4.12. The molecule has 0 bridgehead atoms. The Kier molecular flexibility index (Phi) is 5.94. The molecule has 0 saturated carbocycles. The van der Waals surface area contributed by atoms with Crippen LogP contribution in [0, 0.1) is 0 Å². The van der Waals surface area contributed by atoms with E-state index >= 15 is 0 Å². The smallest absolute Gasteiger partial charge is 0.336 e. The fourth-order valence-corrected chi connectivity index (χ4v) is 3.14. The lowest BCUT2D eigenvalue weighted by Gasteiger charge is -2.07. The summed E-state index contributed by atoms with van der Waals surface area (Å²) in [6.45, 7) is 2.41. The van der Waals surface area contributed by atoms with Crippen LogP contribution in [0.15, 0.2) is 84.6 Å². The van der Waals surface area contributed by atoms with E-state index in [9.17, 15) is 9.59 Å². The highest BCUT2D eigenvalue weighted by atomic mass is 16.5. The van der Waals surface area contributed by atoms with Gasteiger partial charge in [0.25, 0.3) is 0 Å². The van der Waals surface area contributed by atoms with Gasteiger partial charge in [0.15, 0.2) is 5.76 Å². The monoisotopic (exact) mass is 412 g/mol. The number of ether oxygens (including phenoxy) is 3. The number of rotatable bonds is 6.